The van der Waals surface area contributed by atoms with Crippen LogP contribution in [-0.2, 0) is 25.1 Å². The van der Waals surface area contributed by atoms with Crippen molar-refractivity contribution in [2.45, 2.75) is 28.5 Å². The SMILES string of the molecule is COc1ccc(S(=O)C(F)C(NC(=O)OCC2c3ccccc3-c3ccccc32)C(=O)OC(c2ccccc2)c2ccccc2)cc1. The smallest absolute Gasteiger partial charge is 0.407 e. The number of alkyl halides is 1. The number of alkyl carbamates (subject to hydrolysis) is 1. The Balaban J connectivity index is 1.25. The van der Waals surface area contributed by atoms with Gasteiger partial charge in [-0.3, -0.25) is 4.21 Å². The molecule has 0 bridgehead atoms. The van der Waals surface area contributed by atoms with E-state index < -0.39 is 40.5 Å². The predicted octanol–water partition coefficient (Wildman–Crippen LogP) is 7.34. The number of halogens is 1. The molecule has 0 fully saturated rings. The minimum Gasteiger partial charge on any atom is -0.497 e. The number of benzene rings is 5. The molecule has 238 valence electrons. The zero-order valence-corrected chi connectivity index (χ0v) is 26.3. The number of carbonyl (C=O) groups excluding carboxylic acids is 2. The van der Waals surface area contributed by atoms with Crippen LogP contribution in [0.2, 0.25) is 0 Å². The van der Waals surface area contributed by atoms with E-state index in [0.29, 0.717) is 16.9 Å². The molecule has 0 aliphatic heterocycles. The Hall–Kier alpha value is -5.28. The lowest BCUT2D eigenvalue weighted by atomic mass is 9.98. The molecule has 0 heterocycles. The van der Waals surface area contributed by atoms with Crippen molar-refractivity contribution in [3.05, 3.63) is 156 Å². The summed E-state index contributed by atoms with van der Waals surface area (Å²) in [5.74, 6) is -0.873. The van der Waals surface area contributed by atoms with Crippen LogP contribution in [0, 0.1) is 0 Å². The molecule has 6 rings (SSSR count). The summed E-state index contributed by atoms with van der Waals surface area (Å²) in [7, 11) is -0.892. The van der Waals surface area contributed by atoms with E-state index in [1.807, 2.05) is 60.7 Å². The molecule has 0 spiro atoms. The third-order valence-corrected chi connectivity index (χ3v) is 9.49. The van der Waals surface area contributed by atoms with Crippen LogP contribution in [0.25, 0.3) is 11.1 Å². The van der Waals surface area contributed by atoms with Gasteiger partial charge < -0.3 is 19.5 Å². The number of ether oxygens (including phenoxy) is 3. The third-order valence-electron chi connectivity index (χ3n) is 8.07. The van der Waals surface area contributed by atoms with Crippen LogP contribution >= 0.6 is 0 Å². The summed E-state index contributed by atoms with van der Waals surface area (Å²) in [4.78, 5) is 27.2. The normalized spacial score (nSPS) is 13.9. The second kappa shape index (κ2) is 14.4. The Morgan fingerprint density at radius 3 is 1.79 bits per heavy atom. The average Bonchev–Trinajstić information content (AvgIpc) is 3.45. The van der Waals surface area contributed by atoms with E-state index in [-0.39, 0.29) is 17.4 Å². The highest BCUT2D eigenvalue weighted by molar-refractivity contribution is 7.85. The van der Waals surface area contributed by atoms with E-state index in [4.69, 9.17) is 14.2 Å². The largest absolute Gasteiger partial charge is 0.497 e. The molecule has 5 aromatic rings. The zero-order chi connectivity index (χ0) is 32.8. The highest BCUT2D eigenvalue weighted by atomic mass is 32.2. The predicted molar refractivity (Wildman–Crippen MR) is 177 cm³/mol. The number of rotatable bonds is 11. The van der Waals surface area contributed by atoms with E-state index in [1.54, 1.807) is 48.5 Å². The average molecular weight is 650 g/mol. The van der Waals surface area contributed by atoms with Gasteiger partial charge in [0, 0.05) is 10.8 Å². The number of fused-ring (bicyclic) bond motifs is 3. The van der Waals surface area contributed by atoms with E-state index in [1.165, 1.54) is 31.4 Å². The van der Waals surface area contributed by atoms with Gasteiger partial charge >= 0.3 is 12.1 Å². The fourth-order valence-electron chi connectivity index (χ4n) is 5.74. The van der Waals surface area contributed by atoms with Gasteiger partial charge in [0.25, 0.3) is 0 Å². The Morgan fingerprint density at radius 1 is 0.745 bits per heavy atom. The molecule has 9 heteroatoms. The summed E-state index contributed by atoms with van der Waals surface area (Å²) in [6, 6.07) is 37.6. The molecular weight excluding hydrogens is 617 g/mol. The first-order valence-corrected chi connectivity index (χ1v) is 16.3. The second-order valence-electron chi connectivity index (χ2n) is 10.9. The molecule has 5 aromatic carbocycles. The van der Waals surface area contributed by atoms with Crippen LogP contribution in [0.4, 0.5) is 9.18 Å². The maximum Gasteiger partial charge on any atom is 0.407 e. The molecule has 3 unspecified atom stereocenters. The number of methoxy groups -OCH3 is 1. The van der Waals surface area contributed by atoms with Crippen molar-refractivity contribution in [3.8, 4) is 16.9 Å². The molecule has 7 nitrogen and oxygen atoms in total. The standard InChI is InChI=1S/C38H32FNO6S/c1-44-27-20-22-28(23-21-27)47(43)36(39)34(37(41)46-35(25-12-4-2-5-13-25)26-14-6-3-7-15-26)40-38(42)45-24-33-31-18-10-8-16-29(31)30-17-9-11-19-32(30)33/h2-23,33-36H,24H2,1H3,(H,40,42). The quantitative estimate of drug-likeness (QED) is 0.151. The van der Waals surface area contributed by atoms with E-state index >= 15 is 4.39 Å². The molecule has 1 amide bonds. The van der Waals surface area contributed by atoms with Crippen molar-refractivity contribution < 1.29 is 32.4 Å². The molecule has 1 aliphatic carbocycles. The lowest BCUT2D eigenvalue weighted by Gasteiger charge is -2.25. The van der Waals surface area contributed by atoms with Crippen molar-refractivity contribution in [1.82, 2.24) is 5.32 Å². The molecule has 0 saturated heterocycles. The first-order chi connectivity index (χ1) is 22.9. The minimum absolute atomic E-state index is 0.0587. The monoisotopic (exact) mass is 649 g/mol. The maximum atomic E-state index is 16.2. The van der Waals surface area contributed by atoms with Crippen LogP contribution in [-0.4, -0.2) is 41.5 Å². The van der Waals surface area contributed by atoms with Gasteiger partial charge in [0.05, 0.1) is 17.9 Å². The maximum absolute atomic E-state index is 16.2. The van der Waals surface area contributed by atoms with E-state index in [2.05, 4.69) is 5.32 Å². The first kappa shape index (κ1) is 31.7. The summed E-state index contributed by atoms with van der Waals surface area (Å²) in [6.45, 7) is -0.0587. The van der Waals surface area contributed by atoms with Crippen molar-refractivity contribution in [2.24, 2.45) is 0 Å². The Morgan fingerprint density at radius 2 is 1.26 bits per heavy atom. The molecule has 1 aliphatic rings. The Kier molecular flexibility index (Phi) is 9.73. The molecule has 0 aromatic heterocycles. The second-order valence-corrected chi connectivity index (χ2v) is 12.4. The van der Waals surface area contributed by atoms with Crippen LogP contribution in [0.15, 0.2) is 138 Å². The van der Waals surface area contributed by atoms with Crippen molar-refractivity contribution in [2.75, 3.05) is 13.7 Å². The third kappa shape index (κ3) is 6.95. The zero-order valence-electron chi connectivity index (χ0n) is 25.5. The lowest BCUT2D eigenvalue weighted by Crippen LogP contribution is -2.50. The Bertz CT molecular complexity index is 1780. The topological polar surface area (TPSA) is 90.9 Å². The number of nitrogens with one attached hydrogen (secondary N) is 1. The molecule has 1 N–H and O–H groups in total. The molecule has 47 heavy (non-hydrogen) atoms. The van der Waals surface area contributed by atoms with Gasteiger partial charge in [-0.1, -0.05) is 109 Å². The van der Waals surface area contributed by atoms with Crippen LogP contribution in [0.3, 0.4) is 0 Å². The summed E-state index contributed by atoms with van der Waals surface area (Å²) in [5.41, 5.74) is 2.99. The van der Waals surface area contributed by atoms with Crippen LogP contribution < -0.4 is 10.1 Å². The number of hydrogen-bond acceptors (Lipinski definition) is 6. The van der Waals surface area contributed by atoms with Gasteiger partial charge in [-0.15, -0.1) is 0 Å². The van der Waals surface area contributed by atoms with Gasteiger partial charge in [-0.25, -0.2) is 14.0 Å². The van der Waals surface area contributed by atoms with E-state index in [9.17, 15) is 13.8 Å². The molecule has 3 atom stereocenters. The molecular formula is C38H32FNO6S. The fourth-order valence-corrected chi connectivity index (χ4v) is 6.83. The summed E-state index contributed by atoms with van der Waals surface area (Å²) >= 11 is 0. The number of carbonyl (C=O) groups is 2. The number of hydrogen-bond donors (Lipinski definition) is 1. The fraction of sp³-hybridized carbons (Fsp3) is 0.158. The van der Waals surface area contributed by atoms with Crippen molar-refractivity contribution in [1.29, 1.82) is 0 Å². The van der Waals surface area contributed by atoms with Crippen molar-refractivity contribution >= 4 is 22.9 Å². The lowest BCUT2D eigenvalue weighted by molar-refractivity contribution is -0.150. The van der Waals surface area contributed by atoms with Crippen LogP contribution in [0.1, 0.15) is 34.3 Å². The summed E-state index contributed by atoms with van der Waals surface area (Å²) in [6.07, 6.45) is -1.96. The van der Waals surface area contributed by atoms with Gasteiger partial charge in [0.15, 0.2) is 12.1 Å². The number of esters is 1. The summed E-state index contributed by atoms with van der Waals surface area (Å²) in [5, 5.41) is 2.34. The minimum atomic E-state index is -2.37. The van der Waals surface area contributed by atoms with Gasteiger partial charge in [0.1, 0.15) is 12.4 Å². The molecule has 0 saturated carbocycles. The number of amides is 1. The highest BCUT2D eigenvalue weighted by Gasteiger charge is 2.39. The van der Waals surface area contributed by atoms with Gasteiger partial charge in [-0.2, -0.15) is 0 Å². The van der Waals surface area contributed by atoms with Gasteiger partial charge in [-0.05, 0) is 57.6 Å². The summed E-state index contributed by atoms with van der Waals surface area (Å²) < 4.78 is 46.3. The van der Waals surface area contributed by atoms with E-state index in [0.717, 1.165) is 22.3 Å². The molecule has 0 radical (unpaired) electrons. The van der Waals surface area contributed by atoms with Crippen molar-refractivity contribution in [3.63, 3.8) is 0 Å². The van der Waals surface area contributed by atoms with Crippen LogP contribution in [0.5, 0.6) is 5.75 Å². The van der Waals surface area contributed by atoms with Gasteiger partial charge in [0.2, 0.25) is 5.50 Å². The Labute approximate surface area is 274 Å². The first-order valence-electron chi connectivity index (χ1n) is 15.0. The highest BCUT2D eigenvalue weighted by Crippen LogP contribution is 2.44.